The molecule has 2 aliphatic rings. The van der Waals surface area contributed by atoms with Crippen LogP contribution in [0.15, 0.2) is 30.3 Å². The van der Waals surface area contributed by atoms with Crippen molar-refractivity contribution in [3.63, 3.8) is 0 Å². The second kappa shape index (κ2) is 4.33. The average molecular weight is 266 g/mol. The summed E-state index contributed by atoms with van der Waals surface area (Å²) < 4.78 is 26.0. The minimum absolute atomic E-state index is 0.0964. The highest BCUT2D eigenvalue weighted by Crippen LogP contribution is 2.35. The molecule has 0 radical (unpaired) electrons. The van der Waals surface area contributed by atoms with Gasteiger partial charge in [-0.3, -0.25) is 0 Å². The highest BCUT2D eigenvalue weighted by molar-refractivity contribution is 7.90. The summed E-state index contributed by atoms with van der Waals surface area (Å²) in [6.45, 7) is 0.988. The van der Waals surface area contributed by atoms with Crippen molar-refractivity contribution in [2.75, 3.05) is 13.1 Å². The van der Waals surface area contributed by atoms with Crippen molar-refractivity contribution < 1.29 is 8.42 Å². The maximum absolute atomic E-state index is 12.2. The van der Waals surface area contributed by atoms with Crippen LogP contribution in [0.25, 0.3) is 0 Å². The fourth-order valence-electron chi connectivity index (χ4n) is 2.63. The predicted octanol–water partition coefficient (Wildman–Crippen LogP) is 0.905. The van der Waals surface area contributed by atoms with Gasteiger partial charge in [0.2, 0.25) is 10.0 Å². The van der Waals surface area contributed by atoms with E-state index in [0.717, 1.165) is 18.4 Å². The third-order valence-electron chi connectivity index (χ3n) is 3.86. The van der Waals surface area contributed by atoms with E-state index < -0.39 is 10.0 Å². The molecule has 0 bridgehead atoms. The Balaban J connectivity index is 1.80. The van der Waals surface area contributed by atoms with Crippen LogP contribution >= 0.6 is 0 Å². The number of rotatable bonds is 3. The van der Waals surface area contributed by atoms with Crippen molar-refractivity contribution in [2.24, 2.45) is 5.73 Å². The van der Waals surface area contributed by atoms with Crippen molar-refractivity contribution in [2.45, 2.75) is 30.1 Å². The molecular formula is C13H18N2O2S. The normalized spacial score (nSPS) is 29.6. The minimum Gasteiger partial charge on any atom is -0.326 e. The molecule has 1 saturated carbocycles. The molecule has 0 amide bonds. The van der Waals surface area contributed by atoms with Crippen molar-refractivity contribution in [3.05, 3.63) is 35.9 Å². The van der Waals surface area contributed by atoms with Gasteiger partial charge >= 0.3 is 0 Å². The lowest BCUT2D eigenvalue weighted by Gasteiger charge is -2.16. The van der Waals surface area contributed by atoms with Gasteiger partial charge in [-0.05, 0) is 18.4 Å². The second-order valence-electron chi connectivity index (χ2n) is 5.24. The zero-order valence-corrected chi connectivity index (χ0v) is 11.0. The zero-order valence-electron chi connectivity index (χ0n) is 10.2. The van der Waals surface area contributed by atoms with E-state index in [2.05, 4.69) is 0 Å². The van der Waals surface area contributed by atoms with E-state index in [1.54, 1.807) is 4.31 Å². The average Bonchev–Trinajstić information content (AvgIpc) is 3.14. The molecule has 0 spiro atoms. The summed E-state index contributed by atoms with van der Waals surface area (Å²) in [6, 6.07) is 9.86. The lowest BCUT2D eigenvalue weighted by molar-refractivity contribution is 0.469. The Labute approximate surface area is 108 Å². The zero-order chi connectivity index (χ0) is 12.8. The highest BCUT2D eigenvalue weighted by Gasteiger charge is 2.45. The highest BCUT2D eigenvalue weighted by atomic mass is 32.2. The summed E-state index contributed by atoms with van der Waals surface area (Å²) in [7, 11) is -3.09. The Bertz CT molecular complexity index is 525. The summed E-state index contributed by atoms with van der Waals surface area (Å²) >= 11 is 0. The molecule has 5 heteroatoms. The molecule has 18 heavy (non-hydrogen) atoms. The van der Waals surface area contributed by atoms with Gasteiger partial charge in [0, 0.05) is 25.0 Å². The molecule has 98 valence electrons. The molecule has 1 aromatic rings. The van der Waals surface area contributed by atoms with Crippen LogP contribution in [-0.4, -0.2) is 37.1 Å². The predicted molar refractivity (Wildman–Crippen MR) is 70.7 cm³/mol. The maximum atomic E-state index is 12.2. The monoisotopic (exact) mass is 266 g/mol. The van der Waals surface area contributed by atoms with Gasteiger partial charge in [-0.15, -0.1) is 0 Å². The standard InChI is InChI=1S/C13H18N2O2S/c14-13-9-15(18(16,17)11-6-7-11)8-12(13)10-4-2-1-3-5-10/h1-5,11-13H,6-9,14H2/t12-,13+/m0/s1. The van der Waals surface area contributed by atoms with Gasteiger partial charge in [0.1, 0.15) is 0 Å². The number of hydrogen-bond acceptors (Lipinski definition) is 3. The van der Waals surface area contributed by atoms with Crippen molar-refractivity contribution in [3.8, 4) is 0 Å². The van der Waals surface area contributed by atoms with Crippen LogP contribution in [0.4, 0.5) is 0 Å². The molecule has 1 aromatic carbocycles. The summed E-state index contributed by atoms with van der Waals surface area (Å²) in [6.07, 6.45) is 1.62. The first-order valence-corrected chi connectivity index (χ1v) is 7.89. The molecule has 2 N–H and O–H groups in total. The number of nitrogens with two attached hydrogens (primary N) is 1. The van der Waals surface area contributed by atoms with E-state index in [-0.39, 0.29) is 17.2 Å². The second-order valence-corrected chi connectivity index (χ2v) is 7.46. The molecule has 3 rings (SSSR count). The van der Waals surface area contributed by atoms with Crippen LogP contribution in [-0.2, 0) is 10.0 Å². The van der Waals surface area contributed by atoms with Crippen LogP contribution < -0.4 is 5.73 Å². The quantitative estimate of drug-likeness (QED) is 0.884. The van der Waals surface area contributed by atoms with Crippen LogP contribution in [0.2, 0.25) is 0 Å². The fraction of sp³-hybridized carbons (Fsp3) is 0.538. The molecule has 4 nitrogen and oxygen atoms in total. The Morgan fingerprint density at radius 2 is 1.78 bits per heavy atom. The first kappa shape index (κ1) is 12.1. The first-order chi connectivity index (χ1) is 8.59. The number of sulfonamides is 1. The van der Waals surface area contributed by atoms with Crippen molar-refractivity contribution >= 4 is 10.0 Å². The van der Waals surface area contributed by atoms with Crippen LogP contribution in [0.1, 0.15) is 24.3 Å². The molecule has 2 atom stereocenters. The fourth-order valence-corrected chi connectivity index (χ4v) is 4.53. The molecule has 1 aliphatic carbocycles. The Morgan fingerprint density at radius 3 is 2.39 bits per heavy atom. The summed E-state index contributed by atoms with van der Waals surface area (Å²) in [5.74, 6) is 0.125. The summed E-state index contributed by atoms with van der Waals surface area (Å²) in [5.41, 5.74) is 7.25. The summed E-state index contributed by atoms with van der Waals surface area (Å²) in [5, 5.41) is -0.140. The van der Waals surface area contributed by atoms with E-state index in [9.17, 15) is 8.42 Å². The van der Waals surface area contributed by atoms with E-state index in [1.807, 2.05) is 30.3 Å². The van der Waals surface area contributed by atoms with Gasteiger partial charge in [0.05, 0.1) is 5.25 Å². The Morgan fingerprint density at radius 1 is 1.11 bits per heavy atom. The van der Waals surface area contributed by atoms with E-state index in [0.29, 0.717) is 13.1 Å². The summed E-state index contributed by atoms with van der Waals surface area (Å²) in [4.78, 5) is 0. The largest absolute Gasteiger partial charge is 0.326 e. The van der Waals surface area contributed by atoms with E-state index >= 15 is 0 Å². The van der Waals surface area contributed by atoms with Gasteiger partial charge in [-0.1, -0.05) is 30.3 Å². The van der Waals surface area contributed by atoms with Crippen LogP contribution in [0.5, 0.6) is 0 Å². The van der Waals surface area contributed by atoms with Gasteiger partial charge in [-0.2, -0.15) is 4.31 Å². The molecule has 2 fully saturated rings. The lowest BCUT2D eigenvalue weighted by Crippen LogP contribution is -2.34. The number of nitrogens with zero attached hydrogens (tertiary/aromatic N) is 1. The van der Waals surface area contributed by atoms with Crippen LogP contribution in [0, 0.1) is 0 Å². The van der Waals surface area contributed by atoms with Gasteiger partial charge < -0.3 is 5.73 Å². The minimum atomic E-state index is -3.09. The molecule has 1 heterocycles. The third kappa shape index (κ3) is 2.06. The molecule has 1 saturated heterocycles. The van der Waals surface area contributed by atoms with E-state index in [4.69, 9.17) is 5.73 Å². The molecule has 1 aliphatic heterocycles. The first-order valence-electron chi connectivity index (χ1n) is 6.38. The molecule has 0 unspecified atom stereocenters. The lowest BCUT2D eigenvalue weighted by atomic mass is 9.95. The SMILES string of the molecule is N[C@@H]1CN(S(=O)(=O)C2CC2)C[C@H]1c1ccccc1. The van der Waals surface area contributed by atoms with Gasteiger partial charge in [0.25, 0.3) is 0 Å². The Kier molecular flexibility index (Phi) is 2.92. The van der Waals surface area contributed by atoms with Crippen molar-refractivity contribution in [1.82, 2.24) is 4.31 Å². The molecule has 0 aromatic heterocycles. The maximum Gasteiger partial charge on any atom is 0.217 e. The topological polar surface area (TPSA) is 63.4 Å². The van der Waals surface area contributed by atoms with Crippen molar-refractivity contribution in [1.29, 1.82) is 0 Å². The molecular weight excluding hydrogens is 248 g/mol. The van der Waals surface area contributed by atoms with E-state index in [1.165, 1.54) is 0 Å². The van der Waals surface area contributed by atoms with Gasteiger partial charge in [-0.25, -0.2) is 8.42 Å². The van der Waals surface area contributed by atoms with Gasteiger partial charge in [0.15, 0.2) is 0 Å². The smallest absolute Gasteiger partial charge is 0.217 e. The number of hydrogen-bond donors (Lipinski definition) is 1. The van der Waals surface area contributed by atoms with Crippen LogP contribution in [0.3, 0.4) is 0 Å². The third-order valence-corrected chi connectivity index (χ3v) is 6.20. The number of benzene rings is 1. The Hall–Kier alpha value is -0.910.